The van der Waals surface area contributed by atoms with Gasteiger partial charge in [0.15, 0.2) is 0 Å². The van der Waals surface area contributed by atoms with Crippen molar-refractivity contribution in [3.05, 3.63) is 65.2 Å². The average molecular weight is 336 g/mol. The van der Waals surface area contributed by atoms with Crippen LogP contribution in [0.25, 0.3) is 0 Å². The number of fused-ring (bicyclic) bond motifs is 2. The molecule has 0 spiro atoms. The van der Waals surface area contributed by atoms with Gasteiger partial charge in [-0.3, -0.25) is 9.69 Å². The summed E-state index contributed by atoms with van der Waals surface area (Å²) in [6.45, 7) is 3.64. The summed E-state index contributed by atoms with van der Waals surface area (Å²) in [5, 5.41) is 3.09. The van der Waals surface area contributed by atoms with E-state index in [1.807, 2.05) is 18.2 Å². The maximum atomic E-state index is 12.3. The van der Waals surface area contributed by atoms with Gasteiger partial charge in [-0.2, -0.15) is 0 Å². The van der Waals surface area contributed by atoms with Gasteiger partial charge in [0.1, 0.15) is 5.75 Å². The van der Waals surface area contributed by atoms with Gasteiger partial charge in [-0.1, -0.05) is 42.5 Å². The number of nitrogens with one attached hydrogen (secondary N) is 1. The van der Waals surface area contributed by atoms with Gasteiger partial charge in [-0.25, -0.2) is 0 Å². The van der Waals surface area contributed by atoms with Crippen LogP contribution in [-0.2, 0) is 24.2 Å². The van der Waals surface area contributed by atoms with Gasteiger partial charge in [-0.05, 0) is 35.6 Å². The van der Waals surface area contributed by atoms with E-state index in [0.29, 0.717) is 25.6 Å². The first-order chi connectivity index (χ1) is 12.3. The third-order valence-corrected chi connectivity index (χ3v) is 5.12. The number of benzene rings is 2. The number of ether oxygens (including phenoxy) is 1. The lowest BCUT2D eigenvalue weighted by molar-refractivity contribution is -0.122. The molecule has 0 aromatic heterocycles. The molecule has 2 aliphatic rings. The molecular weight excluding hydrogens is 312 g/mol. The van der Waals surface area contributed by atoms with Crippen LogP contribution in [-0.4, -0.2) is 37.0 Å². The number of nitrogens with zero attached hydrogens (tertiary/aromatic N) is 1. The van der Waals surface area contributed by atoms with E-state index in [1.54, 1.807) is 0 Å². The van der Waals surface area contributed by atoms with Crippen molar-refractivity contribution < 1.29 is 9.53 Å². The molecule has 4 heteroatoms. The van der Waals surface area contributed by atoms with E-state index in [9.17, 15) is 4.79 Å². The maximum Gasteiger partial charge on any atom is 0.234 e. The zero-order valence-corrected chi connectivity index (χ0v) is 14.4. The molecule has 0 fully saturated rings. The van der Waals surface area contributed by atoms with Crippen molar-refractivity contribution in [2.75, 3.05) is 26.2 Å². The largest absolute Gasteiger partial charge is 0.493 e. The topological polar surface area (TPSA) is 41.6 Å². The standard InChI is InChI=1S/C21H24N2O2/c24-21(14-23-10-9-17-5-1-2-7-19(17)13-23)22-12-16-11-18-6-3-4-8-20(18)25-15-16/h1-8,16H,9-15H2,(H,22,24)/t16-/m0/s1. The Balaban J connectivity index is 1.25. The van der Waals surface area contributed by atoms with Crippen molar-refractivity contribution in [2.45, 2.75) is 19.4 Å². The molecule has 1 amide bonds. The minimum absolute atomic E-state index is 0.109. The van der Waals surface area contributed by atoms with Crippen LogP contribution >= 0.6 is 0 Å². The summed E-state index contributed by atoms with van der Waals surface area (Å²) >= 11 is 0. The van der Waals surface area contributed by atoms with Crippen LogP contribution < -0.4 is 10.1 Å². The molecule has 0 saturated carbocycles. The highest BCUT2D eigenvalue weighted by Gasteiger charge is 2.21. The molecule has 2 heterocycles. The maximum absolute atomic E-state index is 12.3. The first-order valence-electron chi connectivity index (χ1n) is 9.04. The highest BCUT2D eigenvalue weighted by Crippen LogP contribution is 2.26. The van der Waals surface area contributed by atoms with E-state index in [0.717, 1.165) is 31.7 Å². The Kier molecular flexibility index (Phi) is 4.70. The molecule has 2 aliphatic heterocycles. The lowest BCUT2D eigenvalue weighted by Gasteiger charge is -2.29. The normalized spacial score (nSPS) is 19.4. The van der Waals surface area contributed by atoms with Crippen molar-refractivity contribution in [3.63, 3.8) is 0 Å². The fourth-order valence-corrected chi connectivity index (χ4v) is 3.73. The quantitative estimate of drug-likeness (QED) is 0.932. The fourth-order valence-electron chi connectivity index (χ4n) is 3.73. The Morgan fingerprint density at radius 2 is 1.84 bits per heavy atom. The van der Waals surface area contributed by atoms with Crippen LogP contribution in [0.1, 0.15) is 16.7 Å². The summed E-state index contributed by atoms with van der Waals surface area (Å²) in [7, 11) is 0. The first-order valence-corrected chi connectivity index (χ1v) is 9.04. The van der Waals surface area contributed by atoms with E-state index >= 15 is 0 Å². The molecule has 1 N–H and O–H groups in total. The number of carbonyl (C=O) groups excluding carboxylic acids is 1. The van der Waals surface area contributed by atoms with E-state index in [4.69, 9.17) is 4.74 Å². The Morgan fingerprint density at radius 1 is 1.08 bits per heavy atom. The minimum Gasteiger partial charge on any atom is -0.493 e. The molecular formula is C21H24N2O2. The Hall–Kier alpha value is -2.33. The second-order valence-corrected chi connectivity index (χ2v) is 7.02. The van der Waals surface area contributed by atoms with Crippen LogP contribution in [0, 0.1) is 5.92 Å². The minimum atomic E-state index is 0.109. The molecule has 0 radical (unpaired) electrons. The highest BCUT2D eigenvalue weighted by atomic mass is 16.5. The van der Waals surface area contributed by atoms with Crippen molar-refractivity contribution in [3.8, 4) is 5.75 Å². The summed E-state index contributed by atoms with van der Waals surface area (Å²) in [5.41, 5.74) is 4.00. The molecule has 0 bridgehead atoms. The molecule has 0 unspecified atom stereocenters. The Morgan fingerprint density at radius 3 is 2.72 bits per heavy atom. The number of carbonyl (C=O) groups is 1. The summed E-state index contributed by atoms with van der Waals surface area (Å²) in [4.78, 5) is 14.5. The molecule has 130 valence electrons. The zero-order valence-electron chi connectivity index (χ0n) is 14.4. The van der Waals surface area contributed by atoms with Gasteiger partial charge in [0.2, 0.25) is 5.91 Å². The molecule has 2 aromatic carbocycles. The number of amides is 1. The average Bonchev–Trinajstić information content (AvgIpc) is 2.66. The van der Waals surface area contributed by atoms with Crippen molar-refractivity contribution in [1.29, 1.82) is 0 Å². The van der Waals surface area contributed by atoms with E-state index < -0.39 is 0 Å². The molecule has 2 aromatic rings. The molecule has 4 nitrogen and oxygen atoms in total. The lowest BCUT2D eigenvalue weighted by atomic mass is 9.97. The highest BCUT2D eigenvalue weighted by molar-refractivity contribution is 5.78. The zero-order chi connectivity index (χ0) is 17.1. The van der Waals surface area contributed by atoms with Crippen molar-refractivity contribution in [2.24, 2.45) is 5.92 Å². The van der Waals surface area contributed by atoms with Crippen LogP contribution in [0.5, 0.6) is 5.75 Å². The third kappa shape index (κ3) is 3.85. The smallest absolute Gasteiger partial charge is 0.234 e. The monoisotopic (exact) mass is 336 g/mol. The molecule has 4 rings (SSSR count). The second-order valence-electron chi connectivity index (χ2n) is 7.02. The summed E-state index contributed by atoms with van der Waals surface area (Å²) in [5.74, 6) is 1.44. The molecule has 0 aliphatic carbocycles. The predicted molar refractivity (Wildman–Crippen MR) is 97.6 cm³/mol. The van der Waals surface area contributed by atoms with E-state index in [2.05, 4.69) is 40.5 Å². The number of hydrogen-bond donors (Lipinski definition) is 1. The van der Waals surface area contributed by atoms with Gasteiger partial charge in [0.05, 0.1) is 13.2 Å². The number of hydrogen-bond acceptors (Lipinski definition) is 3. The van der Waals surface area contributed by atoms with Crippen LogP contribution in [0.4, 0.5) is 0 Å². The number of para-hydroxylation sites is 1. The summed E-state index contributed by atoms with van der Waals surface area (Å²) in [6, 6.07) is 16.7. The van der Waals surface area contributed by atoms with Crippen molar-refractivity contribution >= 4 is 5.91 Å². The van der Waals surface area contributed by atoms with E-state index in [-0.39, 0.29) is 5.91 Å². The van der Waals surface area contributed by atoms with Crippen molar-refractivity contribution in [1.82, 2.24) is 10.2 Å². The van der Waals surface area contributed by atoms with Gasteiger partial charge < -0.3 is 10.1 Å². The van der Waals surface area contributed by atoms with Crippen LogP contribution in [0.3, 0.4) is 0 Å². The summed E-state index contributed by atoms with van der Waals surface area (Å²) in [6.07, 6.45) is 1.99. The van der Waals surface area contributed by atoms with Gasteiger partial charge >= 0.3 is 0 Å². The first kappa shape index (κ1) is 16.2. The van der Waals surface area contributed by atoms with Crippen LogP contribution in [0.15, 0.2) is 48.5 Å². The van der Waals surface area contributed by atoms with Gasteiger partial charge in [-0.15, -0.1) is 0 Å². The third-order valence-electron chi connectivity index (χ3n) is 5.12. The fraction of sp³-hybridized carbons (Fsp3) is 0.381. The lowest BCUT2D eigenvalue weighted by Crippen LogP contribution is -2.42. The second kappa shape index (κ2) is 7.28. The SMILES string of the molecule is O=C(CN1CCc2ccccc2C1)NC[C@H]1COc2ccccc2C1. The van der Waals surface area contributed by atoms with E-state index in [1.165, 1.54) is 16.7 Å². The predicted octanol–water partition coefficient (Wildman–Crippen LogP) is 2.41. The molecule has 25 heavy (non-hydrogen) atoms. The van der Waals surface area contributed by atoms with Gasteiger partial charge in [0, 0.05) is 25.6 Å². The summed E-state index contributed by atoms with van der Waals surface area (Å²) < 4.78 is 5.80. The Bertz CT molecular complexity index is 759. The Labute approximate surface area is 148 Å². The molecule has 0 saturated heterocycles. The molecule has 1 atom stereocenters. The van der Waals surface area contributed by atoms with Gasteiger partial charge in [0.25, 0.3) is 0 Å². The van der Waals surface area contributed by atoms with Crippen LogP contribution in [0.2, 0.25) is 0 Å². The number of rotatable bonds is 4.